The van der Waals surface area contributed by atoms with Gasteiger partial charge in [0.2, 0.25) is 5.91 Å². The van der Waals surface area contributed by atoms with Crippen molar-refractivity contribution in [3.05, 3.63) is 53.1 Å². The van der Waals surface area contributed by atoms with Crippen molar-refractivity contribution in [2.24, 2.45) is 0 Å². The maximum Gasteiger partial charge on any atom is 0.224 e. The molecule has 134 valence electrons. The van der Waals surface area contributed by atoms with E-state index in [0.717, 1.165) is 5.56 Å². The van der Waals surface area contributed by atoms with Crippen LogP contribution in [0.25, 0.3) is 0 Å². The number of hydrogen-bond acceptors (Lipinski definition) is 4. The Kier molecular flexibility index (Phi) is 7.57. The van der Waals surface area contributed by atoms with Crippen molar-refractivity contribution in [2.45, 2.75) is 19.8 Å². The number of anilines is 2. The minimum atomic E-state index is -0.125. The number of amides is 1. The first-order valence-electron chi connectivity index (χ1n) is 8.24. The highest BCUT2D eigenvalue weighted by Gasteiger charge is 2.12. The normalized spacial score (nSPS) is 10.5. The third-order valence-electron chi connectivity index (χ3n) is 3.60. The molecule has 2 aromatic rings. The molecule has 0 saturated carbocycles. The lowest BCUT2D eigenvalue weighted by Gasteiger charge is -2.14. The van der Waals surface area contributed by atoms with Gasteiger partial charge in [-0.2, -0.15) is 0 Å². The van der Waals surface area contributed by atoms with Gasteiger partial charge in [-0.3, -0.25) is 4.79 Å². The van der Waals surface area contributed by atoms with Gasteiger partial charge in [0.05, 0.1) is 17.3 Å². The van der Waals surface area contributed by atoms with Crippen LogP contribution in [0.5, 0.6) is 5.75 Å². The number of carbonyl (C=O) groups is 1. The van der Waals surface area contributed by atoms with E-state index in [2.05, 4.69) is 5.32 Å². The first-order chi connectivity index (χ1) is 12.1. The molecule has 5 nitrogen and oxygen atoms in total. The molecule has 25 heavy (non-hydrogen) atoms. The number of nitrogens with one attached hydrogen (secondary N) is 1. The van der Waals surface area contributed by atoms with Crippen LogP contribution in [-0.2, 0) is 16.0 Å². The Morgan fingerprint density at radius 2 is 1.96 bits per heavy atom. The van der Waals surface area contributed by atoms with Crippen molar-refractivity contribution in [3.8, 4) is 5.75 Å². The van der Waals surface area contributed by atoms with Gasteiger partial charge in [0.15, 0.2) is 5.75 Å². The minimum absolute atomic E-state index is 0.125. The molecular weight excluding hydrogens is 340 g/mol. The van der Waals surface area contributed by atoms with Gasteiger partial charge in [0.1, 0.15) is 6.61 Å². The van der Waals surface area contributed by atoms with Gasteiger partial charge >= 0.3 is 0 Å². The van der Waals surface area contributed by atoms with Gasteiger partial charge in [-0.15, -0.1) is 0 Å². The summed E-state index contributed by atoms with van der Waals surface area (Å²) in [6, 6.07) is 12.8. The van der Waals surface area contributed by atoms with Crippen molar-refractivity contribution in [3.63, 3.8) is 0 Å². The Morgan fingerprint density at radius 3 is 2.72 bits per heavy atom. The number of carbonyl (C=O) groups excluding carboxylic acids is 1. The average Bonchev–Trinajstić information content (AvgIpc) is 2.60. The largest absolute Gasteiger partial charge is 0.487 e. The van der Waals surface area contributed by atoms with Crippen LogP contribution in [0.15, 0.2) is 42.5 Å². The zero-order valence-electron chi connectivity index (χ0n) is 14.3. The SMILES string of the molecule is CCOCCOc1c(Cl)cccc1NC(=O)CCc1ccccc1N. The highest BCUT2D eigenvalue weighted by molar-refractivity contribution is 6.32. The van der Waals surface area contributed by atoms with E-state index in [4.69, 9.17) is 26.8 Å². The number of ether oxygens (including phenoxy) is 2. The average molecular weight is 363 g/mol. The summed E-state index contributed by atoms with van der Waals surface area (Å²) in [6.07, 6.45) is 0.888. The van der Waals surface area contributed by atoms with E-state index >= 15 is 0 Å². The second-order valence-electron chi connectivity index (χ2n) is 5.41. The topological polar surface area (TPSA) is 73.6 Å². The van der Waals surface area contributed by atoms with Gasteiger partial charge in [0, 0.05) is 18.7 Å². The summed E-state index contributed by atoms with van der Waals surface area (Å²) >= 11 is 6.19. The lowest BCUT2D eigenvalue weighted by molar-refractivity contribution is -0.116. The Balaban J connectivity index is 1.95. The van der Waals surface area contributed by atoms with Crippen LogP contribution >= 0.6 is 11.6 Å². The highest BCUT2D eigenvalue weighted by Crippen LogP contribution is 2.33. The van der Waals surface area contributed by atoms with E-state index in [-0.39, 0.29) is 5.91 Å². The molecule has 0 aliphatic rings. The molecule has 2 aromatic carbocycles. The van der Waals surface area contributed by atoms with E-state index in [1.54, 1.807) is 18.2 Å². The number of halogens is 1. The molecule has 3 N–H and O–H groups in total. The molecule has 0 aromatic heterocycles. The molecule has 0 atom stereocenters. The molecule has 0 spiro atoms. The molecule has 0 fully saturated rings. The van der Waals surface area contributed by atoms with Gasteiger partial charge in [-0.05, 0) is 37.1 Å². The van der Waals surface area contributed by atoms with Gasteiger partial charge in [0.25, 0.3) is 0 Å². The van der Waals surface area contributed by atoms with Gasteiger partial charge in [-0.25, -0.2) is 0 Å². The summed E-state index contributed by atoms with van der Waals surface area (Å²) in [7, 11) is 0. The Hall–Kier alpha value is -2.24. The lowest BCUT2D eigenvalue weighted by Crippen LogP contribution is -2.15. The Morgan fingerprint density at radius 1 is 1.16 bits per heavy atom. The van der Waals surface area contributed by atoms with Crippen molar-refractivity contribution < 1.29 is 14.3 Å². The molecule has 0 aliphatic carbocycles. The molecule has 0 radical (unpaired) electrons. The molecule has 0 heterocycles. The van der Waals surface area contributed by atoms with Crippen molar-refractivity contribution in [1.29, 1.82) is 0 Å². The van der Waals surface area contributed by atoms with Crippen LogP contribution in [0.1, 0.15) is 18.9 Å². The summed E-state index contributed by atoms with van der Waals surface area (Å²) in [5, 5.41) is 3.30. The third-order valence-corrected chi connectivity index (χ3v) is 3.89. The molecule has 0 unspecified atom stereocenters. The molecule has 2 rings (SSSR count). The molecule has 6 heteroatoms. The van der Waals surface area contributed by atoms with E-state index in [9.17, 15) is 4.79 Å². The number of para-hydroxylation sites is 2. The summed E-state index contributed by atoms with van der Waals surface area (Å²) < 4.78 is 10.9. The predicted molar refractivity (Wildman–Crippen MR) is 101 cm³/mol. The van der Waals surface area contributed by atoms with Gasteiger partial charge in [-0.1, -0.05) is 35.9 Å². The van der Waals surface area contributed by atoms with Crippen molar-refractivity contribution >= 4 is 28.9 Å². The third kappa shape index (κ3) is 5.96. The smallest absolute Gasteiger partial charge is 0.224 e. The first-order valence-corrected chi connectivity index (χ1v) is 8.62. The zero-order chi connectivity index (χ0) is 18.1. The van der Waals surface area contributed by atoms with Crippen molar-refractivity contribution in [2.75, 3.05) is 30.9 Å². The maximum atomic E-state index is 12.3. The number of rotatable bonds is 9. The fraction of sp³-hybridized carbons (Fsp3) is 0.316. The highest BCUT2D eigenvalue weighted by atomic mass is 35.5. The predicted octanol–water partition coefficient (Wildman–Crippen LogP) is 3.91. The number of nitrogens with two attached hydrogens (primary N) is 1. The van der Waals surface area contributed by atoms with E-state index in [1.807, 2.05) is 31.2 Å². The zero-order valence-corrected chi connectivity index (χ0v) is 15.0. The molecular formula is C19H23ClN2O3. The maximum absolute atomic E-state index is 12.3. The first kappa shape index (κ1) is 19.1. The number of hydrogen-bond donors (Lipinski definition) is 2. The quantitative estimate of drug-likeness (QED) is 0.524. The van der Waals surface area contributed by atoms with Crippen LogP contribution in [0.4, 0.5) is 11.4 Å². The van der Waals surface area contributed by atoms with E-state index in [0.29, 0.717) is 54.8 Å². The summed E-state index contributed by atoms with van der Waals surface area (Å²) in [5.74, 6) is 0.330. The van der Waals surface area contributed by atoms with Crippen LogP contribution in [0, 0.1) is 0 Å². The second kappa shape index (κ2) is 9.91. The van der Waals surface area contributed by atoms with Crippen molar-refractivity contribution in [1.82, 2.24) is 0 Å². The van der Waals surface area contributed by atoms with Crippen LogP contribution in [0.3, 0.4) is 0 Å². The molecule has 1 amide bonds. The summed E-state index contributed by atoms with van der Waals surface area (Å²) in [4.78, 5) is 12.3. The number of nitrogen functional groups attached to an aromatic ring is 1. The van der Waals surface area contributed by atoms with Crippen LogP contribution in [-0.4, -0.2) is 25.7 Å². The molecule has 0 bridgehead atoms. The Labute approximate surface area is 153 Å². The van der Waals surface area contributed by atoms with Crippen LogP contribution in [0.2, 0.25) is 5.02 Å². The van der Waals surface area contributed by atoms with E-state index in [1.165, 1.54) is 0 Å². The fourth-order valence-corrected chi connectivity index (χ4v) is 2.55. The molecule has 0 aliphatic heterocycles. The lowest BCUT2D eigenvalue weighted by atomic mass is 10.1. The second-order valence-corrected chi connectivity index (χ2v) is 5.82. The van der Waals surface area contributed by atoms with E-state index < -0.39 is 0 Å². The Bertz CT molecular complexity index is 707. The molecule has 0 saturated heterocycles. The van der Waals surface area contributed by atoms with Gasteiger partial charge < -0.3 is 20.5 Å². The van der Waals surface area contributed by atoms with Crippen LogP contribution < -0.4 is 15.8 Å². The summed E-state index contributed by atoms with van der Waals surface area (Å²) in [5.41, 5.74) is 8.10. The summed E-state index contributed by atoms with van der Waals surface area (Å²) in [6.45, 7) is 3.36. The standard InChI is InChI=1S/C19H23ClN2O3/c1-2-24-12-13-25-19-15(20)7-5-9-17(19)22-18(23)11-10-14-6-3-4-8-16(14)21/h3-9H,2,10-13,21H2,1H3,(H,22,23). The fourth-order valence-electron chi connectivity index (χ4n) is 2.32. The number of benzene rings is 2. The minimum Gasteiger partial charge on any atom is -0.487 e. The monoisotopic (exact) mass is 362 g/mol. The number of aryl methyl sites for hydroxylation is 1.